The molecule has 1 aliphatic rings. The summed E-state index contributed by atoms with van der Waals surface area (Å²) < 4.78 is 30.6. The van der Waals surface area contributed by atoms with E-state index in [1.54, 1.807) is 48.3 Å². The summed E-state index contributed by atoms with van der Waals surface area (Å²) in [6.45, 7) is 0.448. The van der Waals surface area contributed by atoms with Gasteiger partial charge in [0, 0.05) is 19.3 Å². The normalized spacial score (nSPS) is 14.1. The van der Waals surface area contributed by atoms with Gasteiger partial charge in [0.2, 0.25) is 0 Å². The highest BCUT2D eigenvalue weighted by atomic mass is 32.2. The molecule has 3 rings (SSSR count). The smallest absolute Gasteiger partial charge is 0.321 e. The molecule has 7 heteroatoms. The first-order chi connectivity index (χ1) is 11.4. The fourth-order valence-electron chi connectivity index (χ4n) is 2.70. The summed E-state index contributed by atoms with van der Waals surface area (Å²) in [6.07, 6.45) is 0. The summed E-state index contributed by atoms with van der Waals surface area (Å²) in [6, 6.07) is 11.7. The lowest BCUT2D eigenvalue weighted by atomic mass is 10.1. The Kier molecular flexibility index (Phi) is 4.19. The number of hydrogen-bond acceptors (Lipinski definition) is 4. The maximum Gasteiger partial charge on any atom is 0.321 e. The molecule has 0 atom stereocenters. The summed E-state index contributed by atoms with van der Waals surface area (Å²) in [7, 11) is -0.392. The number of methoxy groups -OCH3 is 1. The lowest BCUT2D eigenvalue weighted by molar-refractivity contribution is 0.218. The van der Waals surface area contributed by atoms with E-state index in [1.807, 2.05) is 6.07 Å². The number of fused-ring (bicyclic) bond motifs is 1. The number of anilines is 1. The quantitative estimate of drug-likeness (QED) is 0.923. The molecule has 0 aliphatic carbocycles. The van der Waals surface area contributed by atoms with Gasteiger partial charge in [-0.1, -0.05) is 24.3 Å². The highest BCUT2D eigenvalue weighted by Crippen LogP contribution is 2.29. The molecule has 2 amide bonds. The molecule has 1 N–H and O–H groups in total. The molecule has 0 saturated heterocycles. The van der Waals surface area contributed by atoms with Crippen molar-refractivity contribution in [3.63, 3.8) is 0 Å². The van der Waals surface area contributed by atoms with E-state index >= 15 is 0 Å². The zero-order valence-electron chi connectivity index (χ0n) is 13.4. The molecule has 1 heterocycles. The highest BCUT2D eigenvalue weighted by Gasteiger charge is 2.23. The number of rotatable bonds is 4. The Morgan fingerprint density at radius 2 is 1.96 bits per heavy atom. The Morgan fingerprint density at radius 3 is 2.71 bits per heavy atom. The Hall–Kier alpha value is -2.54. The largest absolute Gasteiger partial charge is 0.495 e. The van der Waals surface area contributed by atoms with E-state index in [1.165, 1.54) is 7.11 Å². The van der Waals surface area contributed by atoms with Crippen LogP contribution in [0.2, 0.25) is 0 Å². The zero-order valence-corrected chi connectivity index (χ0v) is 14.3. The second-order valence-corrected chi connectivity index (χ2v) is 7.65. The Bertz CT molecular complexity index is 893. The number of amides is 2. The number of nitrogens with zero attached hydrogens (tertiary/aromatic N) is 1. The maximum absolute atomic E-state index is 12.7. The minimum Gasteiger partial charge on any atom is -0.495 e. The van der Waals surface area contributed by atoms with E-state index < -0.39 is 9.84 Å². The van der Waals surface area contributed by atoms with Crippen LogP contribution in [0.1, 0.15) is 11.1 Å². The van der Waals surface area contributed by atoms with Crippen LogP contribution in [0.15, 0.2) is 47.4 Å². The number of carbonyl (C=O) groups excluding carboxylic acids is 1. The van der Waals surface area contributed by atoms with Crippen molar-refractivity contribution in [2.45, 2.75) is 17.2 Å². The molecule has 0 aromatic heterocycles. The molecule has 0 fully saturated rings. The van der Waals surface area contributed by atoms with Crippen LogP contribution in [0.25, 0.3) is 0 Å². The Morgan fingerprint density at radius 1 is 1.21 bits per heavy atom. The summed E-state index contributed by atoms with van der Waals surface area (Å²) in [5, 5.41) is 2.77. The van der Waals surface area contributed by atoms with Gasteiger partial charge >= 0.3 is 6.03 Å². The fourth-order valence-corrected chi connectivity index (χ4v) is 4.22. The first kappa shape index (κ1) is 16.3. The van der Waals surface area contributed by atoms with Gasteiger partial charge in [-0.05, 0) is 29.3 Å². The first-order valence-corrected chi connectivity index (χ1v) is 9.05. The maximum atomic E-state index is 12.7. The first-order valence-electron chi connectivity index (χ1n) is 7.40. The van der Waals surface area contributed by atoms with Gasteiger partial charge in [-0.15, -0.1) is 0 Å². The number of urea groups is 1. The van der Waals surface area contributed by atoms with Gasteiger partial charge in [-0.25, -0.2) is 13.2 Å². The van der Waals surface area contributed by atoms with E-state index in [2.05, 4.69) is 5.32 Å². The van der Waals surface area contributed by atoms with E-state index in [0.29, 0.717) is 17.9 Å². The third-order valence-corrected chi connectivity index (χ3v) is 5.65. The SMILES string of the molecule is COc1ccccc1S(=O)(=O)Cc1ccc2c(c1)CN(C)C(=O)N2. The minimum absolute atomic E-state index is 0.127. The van der Waals surface area contributed by atoms with Crippen LogP contribution in [0.5, 0.6) is 5.75 Å². The van der Waals surface area contributed by atoms with Crippen LogP contribution in [0.4, 0.5) is 10.5 Å². The van der Waals surface area contributed by atoms with Crippen molar-refractivity contribution < 1.29 is 17.9 Å². The monoisotopic (exact) mass is 346 g/mol. The van der Waals surface area contributed by atoms with Gasteiger partial charge in [0.15, 0.2) is 9.84 Å². The molecule has 2 aromatic rings. The van der Waals surface area contributed by atoms with Crippen LogP contribution in [-0.4, -0.2) is 33.5 Å². The van der Waals surface area contributed by atoms with Crippen molar-refractivity contribution in [2.75, 3.05) is 19.5 Å². The molecule has 0 saturated carbocycles. The van der Waals surface area contributed by atoms with Gasteiger partial charge in [-0.2, -0.15) is 0 Å². The molecule has 24 heavy (non-hydrogen) atoms. The number of ether oxygens (including phenoxy) is 1. The van der Waals surface area contributed by atoms with Gasteiger partial charge in [-0.3, -0.25) is 0 Å². The Labute approximate surface area is 141 Å². The third kappa shape index (κ3) is 3.07. The molecule has 0 radical (unpaired) electrons. The highest BCUT2D eigenvalue weighted by molar-refractivity contribution is 7.90. The number of nitrogens with one attached hydrogen (secondary N) is 1. The predicted molar refractivity (Wildman–Crippen MR) is 90.8 cm³/mol. The topological polar surface area (TPSA) is 75.7 Å². The van der Waals surface area contributed by atoms with Crippen LogP contribution >= 0.6 is 0 Å². The standard InChI is InChI=1S/C17H18N2O4S/c1-19-10-13-9-12(7-8-14(13)18-17(19)20)11-24(21,22)16-6-4-3-5-15(16)23-2/h3-9H,10-11H2,1-2H3,(H,18,20). The number of para-hydroxylation sites is 1. The van der Waals surface area contributed by atoms with Gasteiger partial charge in [0.1, 0.15) is 10.6 Å². The minimum atomic E-state index is -3.53. The van der Waals surface area contributed by atoms with Crippen molar-refractivity contribution in [2.24, 2.45) is 0 Å². The molecule has 0 bridgehead atoms. The summed E-state index contributed by atoms with van der Waals surface area (Å²) in [5.41, 5.74) is 2.28. The molecule has 0 unspecified atom stereocenters. The van der Waals surface area contributed by atoms with Gasteiger partial charge < -0.3 is 15.0 Å². The van der Waals surface area contributed by atoms with Gasteiger partial charge in [0.05, 0.1) is 12.9 Å². The van der Waals surface area contributed by atoms with E-state index in [9.17, 15) is 13.2 Å². The second kappa shape index (κ2) is 6.16. The fraction of sp³-hybridized carbons (Fsp3) is 0.235. The molecular weight excluding hydrogens is 328 g/mol. The summed E-state index contributed by atoms with van der Waals surface area (Å²) >= 11 is 0. The summed E-state index contributed by atoms with van der Waals surface area (Å²) in [5.74, 6) is 0.209. The van der Waals surface area contributed by atoms with Crippen LogP contribution in [-0.2, 0) is 22.1 Å². The average molecular weight is 346 g/mol. The lowest BCUT2D eigenvalue weighted by Gasteiger charge is -2.26. The Balaban J connectivity index is 1.91. The lowest BCUT2D eigenvalue weighted by Crippen LogP contribution is -2.35. The summed E-state index contributed by atoms with van der Waals surface area (Å²) in [4.78, 5) is 13.4. The molecular formula is C17H18N2O4S. The number of benzene rings is 2. The average Bonchev–Trinajstić information content (AvgIpc) is 2.56. The molecule has 0 spiro atoms. The van der Waals surface area contributed by atoms with Crippen LogP contribution < -0.4 is 10.1 Å². The number of sulfone groups is 1. The molecule has 1 aliphatic heterocycles. The van der Waals surface area contributed by atoms with Crippen LogP contribution in [0, 0.1) is 0 Å². The molecule has 126 valence electrons. The predicted octanol–water partition coefficient (Wildman–Crippen LogP) is 2.65. The third-order valence-electron chi connectivity index (χ3n) is 3.93. The number of hydrogen-bond donors (Lipinski definition) is 1. The van der Waals surface area contributed by atoms with Crippen molar-refractivity contribution in [1.29, 1.82) is 0 Å². The molecule has 2 aromatic carbocycles. The van der Waals surface area contributed by atoms with Crippen molar-refractivity contribution >= 4 is 21.6 Å². The van der Waals surface area contributed by atoms with Crippen molar-refractivity contribution in [1.82, 2.24) is 4.90 Å². The van der Waals surface area contributed by atoms with Crippen LogP contribution in [0.3, 0.4) is 0 Å². The second-order valence-electron chi connectivity index (χ2n) is 5.69. The van der Waals surface area contributed by atoms with E-state index in [4.69, 9.17) is 4.74 Å². The van der Waals surface area contributed by atoms with E-state index in [-0.39, 0.29) is 16.7 Å². The van der Waals surface area contributed by atoms with Crippen molar-refractivity contribution in [3.8, 4) is 5.75 Å². The van der Waals surface area contributed by atoms with E-state index in [0.717, 1.165) is 11.3 Å². The zero-order chi connectivity index (χ0) is 17.3. The van der Waals surface area contributed by atoms with Gasteiger partial charge in [0.25, 0.3) is 0 Å². The number of carbonyl (C=O) groups is 1. The molecule has 6 nitrogen and oxygen atoms in total. The van der Waals surface area contributed by atoms with Crippen molar-refractivity contribution in [3.05, 3.63) is 53.6 Å².